The average Bonchev–Trinajstić information content (AvgIpc) is 2.54. The van der Waals surface area contributed by atoms with Crippen molar-refractivity contribution in [2.75, 3.05) is 0 Å². The molecule has 2 heterocycles. The summed E-state index contributed by atoms with van der Waals surface area (Å²) in [7, 11) is 0. The summed E-state index contributed by atoms with van der Waals surface area (Å²) in [6.07, 6.45) is 1.73. The molecule has 1 aliphatic heterocycles. The summed E-state index contributed by atoms with van der Waals surface area (Å²) in [6, 6.07) is 8.46. The van der Waals surface area contributed by atoms with Gasteiger partial charge in [0.25, 0.3) is 0 Å². The van der Waals surface area contributed by atoms with Crippen molar-refractivity contribution in [2.45, 2.75) is 32.4 Å². The number of aliphatic hydroxyl groups is 1. The SMILES string of the molecule is Cc1c2n(c3ccccc13)CC(O)CC2. The Balaban J connectivity index is 2.33. The third kappa shape index (κ3) is 1.21. The van der Waals surface area contributed by atoms with E-state index in [1.165, 1.54) is 22.2 Å². The van der Waals surface area contributed by atoms with Gasteiger partial charge in [-0.15, -0.1) is 0 Å². The lowest BCUT2D eigenvalue weighted by Crippen LogP contribution is -2.24. The van der Waals surface area contributed by atoms with Crippen molar-refractivity contribution in [1.29, 1.82) is 0 Å². The lowest BCUT2D eigenvalue weighted by molar-refractivity contribution is 0.133. The van der Waals surface area contributed by atoms with Crippen LogP contribution in [0.1, 0.15) is 17.7 Å². The highest BCUT2D eigenvalue weighted by atomic mass is 16.3. The average molecular weight is 201 g/mol. The summed E-state index contributed by atoms with van der Waals surface area (Å²) in [4.78, 5) is 0. The monoisotopic (exact) mass is 201 g/mol. The van der Waals surface area contributed by atoms with Crippen LogP contribution in [0.3, 0.4) is 0 Å². The Morgan fingerprint density at radius 1 is 1.33 bits per heavy atom. The number of aryl methyl sites for hydroxylation is 1. The molecule has 1 atom stereocenters. The number of nitrogens with zero attached hydrogens (tertiary/aromatic N) is 1. The van der Waals surface area contributed by atoms with E-state index in [4.69, 9.17) is 0 Å². The molecule has 0 radical (unpaired) electrons. The van der Waals surface area contributed by atoms with E-state index in [1.54, 1.807) is 0 Å². The highest BCUT2D eigenvalue weighted by Crippen LogP contribution is 2.29. The van der Waals surface area contributed by atoms with Gasteiger partial charge in [-0.2, -0.15) is 0 Å². The molecule has 0 fully saturated rings. The van der Waals surface area contributed by atoms with Crippen molar-refractivity contribution in [3.05, 3.63) is 35.5 Å². The van der Waals surface area contributed by atoms with Crippen molar-refractivity contribution in [1.82, 2.24) is 4.57 Å². The zero-order valence-corrected chi connectivity index (χ0v) is 8.90. The first-order valence-electron chi connectivity index (χ1n) is 5.52. The molecular weight excluding hydrogens is 186 g/mol. The second-order valence-electron chi connectivity index (χ2n) is 4.39. The van der Waals surface area contributed by atoms with Gasteiger partial charge in [0.1, 0.15) is 0 Å². The number of benzene rings is 1. The number of hydrogen-bond donors (Lipinski definition) is 1. The predicted molar refractivity (Wildman–Crippen MR) is 61.0 cm³/mol. The van der Waals surface area contributed by atoms with Gasteiger partial charge in [0.15, 0.2) is 0 Å². The van der Waals surface area contributed by atoms with Crippen LogP contribution in [0.25, 0.3) is 10.9 Å². The van der Waals surface area contributed by atoms with E-state index >= 15 is 0 Å². The Morgan fingerprint density at radius 2 is 2.13 bits per heavy atom. The first kappa shape index (κ1) is 8.98. The van der Waals surface area contributed by atoms with Crippen molar-refractivity contribution in [3.63, 3.8) is 0 Å². The molecule has 0 spiro atoms. The topological polar surface area (TPSA) is 25.2 Å². The summed E-state index contributed by atoms with van der Waals surface area (Å²) < 4.78 is 2.28. The molecule has 1 aliphatic rings. The number of hydrogen-bond acceptors (Lipinski definition) is 1. The Labute approximate surface area is 89.1 Å². The van der Waals surface area contributed by atoms with Crippen molar-refractivity contribution in [2.24, 2.45) is 0 Å². The van der Waals surface area contributed by atoms with E-state index in [0.29, 0.717) is 0 Å². The lowest BCUT2D eigenvalue weighted by atomic mass is 10.0. The third-order valence-electron chi connectivity index (χ3n) is 3.47. The van der Waals surface area contributed by atoms with Gasteiger partial charge in [-0.3, -0.25) is 0 Å². The number of rotatable bonds is 0. The molecule has 0 bridgehead atoms. The van der Waals surface area contributed by atoms with Gasteiger partial charge in [-0.05, 0) is 31.4 Å². The van der Waals surface area contributed by atoms with Crippen LogP contribution in [-0.4, -0.2) is 15.8 Å². The quantitative estimate of drug-likeness (QED) is 0.695. The molecule has 2 heteroatoms. The van der Waals surface area contributed by atoms with E-state index in [1.807, 2.05) is 0 Å². The largest absolute Gasteiger partial charge is 0.391 e. The summed E-state index contributed by atoms with van der Waals surface area (Å²) in [5.74, 6) is 0. The molecule has 2 nitrogen and oxygen atoms in total. The molecule has 0 amide bonds. The standard InChI is InChI=1S/C13H15NO/c1-9-11-4-2-3-5-13(11)14-8-10(15)6-7-12(9)14/h2-5,10,15H,6-8H2,1H3. The van der Waals surface area contributed by atoms with E-state index in [-0.39, 0.29) is 6.10 Å². The van der Waals surface area contributed by atoms with Crippen LogP contribution in [0.2, 0.25) is 0 Å². The van der Waals surface area contributed by atoms with Crippen LogP contribution in [-0.2, 0) is 13.0 Å². The fourth-order valence-corrected chi connectivity index (χ4v) is 2.67. The molecule has 1 aromatic heterocycles. The van der Waals surface area contributed by atoms with Gasteiger partial charge in [0, 0.05) is 23.1 Å². The zero-order chi connectivity index (χ0) is 10.4. The molecule has 0 aliphatic carbocycles. The molecule has 1 unspecified atom stereocenters. The first-order valence-corrected chi connectivity index (χ1v) is 5.52. The second kappa shape index (κ2) is 3.11. The number of para-hydroxylation sites is 1. The molecule has 1 N–H and O–H groups in total. The Hall–Kier alpha value is -1.28. The molecule has 0 saturated carbocycles. The Bertz CT molecular complexity index is 512. The Morgan fingerprint density at radius 3 is 3.00 bits per heavy atom. The highest BCUT2D eigenvalue weighted by molar-refractivity contribution is 5.85. The summed E-state index contributed by atoms with van der Waals surface area (Å²) >= 11 is 0. The van der Waals surface area contributed by atoms with E-state index in [9.17, 15) is 5.11 Å². The van der Waals surface area contributed by atoms with Gasteiger partial charge >= 0.3 is 0 Å². The maximum absolute atomic E-state index is 9.70. The molecule has 1 aromatic carbocycles. The molecule has 78 valence electrons. The minimum atomic E-state index is -0.173. The van der Waals surface area contributed by atoms with Gasteiger partial charge < -0.3 is 9.67 Å². The van der Waals surface area contributed by atoms with Crippen LogP contribution in [0, 0.1) is 6.92 Å². The van der Waals surface area contributed by atoms with E-state index in [0.717, 1.165) is 19.4 Å². The smallest absolute Gasteiger partial charge is 0.0723 e. The maximum Gasteiger partial charge on any atom is 0.0723 e. The maximum atomic E-state index is 9.70. The van der Waals surface area contributed by atoms with Gasteiger partial charge in [-0.1, -0.05) is 18.2 Å². The van der Waals surface area contributed by atoms with Crippen molar-refractivity contribution < 1.29 is 5.11 Å². The molecular formula is C13H15NO. The van der Waals surface area contributed by atoms with Crippen LogP contribution in [0.4, 0.5) is 0 Å². The van der Waals surface area contributed by atoms with Crippen LogP contribution >= 0.6 is 0 Å². The molecule has 3 rings (SSSR count). The van der Waals surface area contributed by atoms with Crippen molar-refractivity contribution >= 4 is 10.9 Å². The lowest BCUT2D eigenvalue weighted by Gasteiger charge is -2.21. The fourth-order valence-electron chi connectivity index (χ4n) is 2.67. The molecule has 2 aromatic rings. The number of fused-ring (bicyclic) bond motifs is 3. The zero-order valence-electron chi connectivity index (χ0n) is 8.90. The van der Waals surface area contributed by atoms with Crippen molar-refractivity contribution in [3.8, 4) is 0 Å². The minimum absolute atomic E-state index is 0.173. The summed E-state index contributed by atoms with van der Waals surface area (Å²) in [6.45, 7) is 2.94. The second-order valence-corrected chi connectivity index (χ2v) is 4.39. The van der Waals surface area contributed by atoms with Crippen LogP contribution in [0.5, 0.6) is 0 Å². The summed E-state index contributed by atoms with van der Waals surface area (Å²) in [5.41, 5.74) is 4.06. The molecule has 15 heavy (non-hydrogen) atoms. The van der Waals surface area contributed by atoms with Gasteiger partial charge in [-0.25, -0.2) is 0 Å². The summed E-state index contributed by atoms with van der Waals surface area (Å²) in [5, 5.41) is 11.0. The number of aliphatic hydroxyl groups excluding tert-OH is 1. The van der Waals surface area contributed by atoms with Crippen LogP contribution < -0.4 is 0 Å². The van der Waals surface area contributed by atoms with E-state index < -0.39 is 0 Å². The molecule has 0 saturated heterocycles. The normalized spacial score (nSPS) is 20.5. The first-order chi connectivity index (χ1) is 7.27. The van der Waals surface area contributed by atoms with Gasteiger partial charge in [0.05, 0.1) is 6.10 Å². The Kier molecular flexibility index (Phi) is 1.86. The van der Waals surface area contributed by atoms with E-state index in [2.05, 4.69) is 35.8 Å². The van der Waals surface area contributed by atoms with Gasteiger partial charge in [0.2, 0.25) is 0 Å². The fraction of sp³-hybridized carbons (Fsp3) is 0.385. The third-order valence-corrected chi connectivity index (χ3v) is 3.47. The highest BCUT2D eigenvalue weighted by Gasteiger charge is 2.20. The number of aromatic nitrogens is 1. The predicted octanol–water partition coefficient (Wildman–Crippen LogP) is 2.26. The minimum Gasteiger partial charge on any atom is -0.391 e. The van der Waals surface area contributed by atoms with Crippen LogP contribution in [0.15, 0.2) is 24.3 Å².